The van der Waals surface area contributed by atoms with Gasteiger partial charge < -0.3 is 29.5 Å². The lowest BCUT2D eigenvalue weighted by Gasteiger charge is -2.36. The first kappa shape index (κ1) is 34.6. The smallest absolute Gasteiger partial charge is 0.416 e. The minimum atomic E-state index is -4.52. The molecule has 16 heteroatoms. The number of hydrogen-bond acceptors (Lipinski definition) is 9. The number of amides is 2. The number of benzene rings is 1. The molecule has 0 saturated carbocycles. The van der Waals surface area contributed by atoms with Crippen LogP contribution in [0.5, 0.6) is 5.75 Å². The number of hydrogen-bond donors (Lipinski definition) is 2. The molecule has 0 spiro atoms. The average Bonchev–Trinajstić information content (AvgIpc) is 3.56. The van der Waals surface area contributed by atoms with Crippen molar-refractivity contribution in [3.05, 3.63) is 81.3 Å². The molecule has 0 bridgehead atoms. The topological polar surface area (TPSA) is 147 Å². The van der Waals surface area contributed by atoms with Gasteiger partial charge in [0.05, 0.1) is 17.4 Å². The van der Waals surface area contributed by atoms with E-state index in [9.17, 15) is 32.7 Å². The normalized spacial score (nSPS) is 16.8. The predicted octanol–water partition coefficient (Wildman–Crippen LogP) is 4.06. The van der Waals surface area contributed by atoms with Crippen LogP contribution in [-0.2, 0) is 28.7 Å². The third-order valence-electron chi connectivity index (χ3n) is 9.15. The number of nitrogens with one attached hydrogen (secondary N) is 1. The largest absolute Gasteiger partial charge is 0.505 e. The zero-order chi connectivity index (χ0) is 35.7. The van der Waals surface area contributed by atoms with Gasteiger partial charge in [-0.15, -0.1) is 5.10 Å². The molecule has 1 saturated heterocycles. The molecule has 1 aliphatic heterocycles. The first-order valence-corrected chi connectivity index (χ1v) is 16.3. The summed E-state index contributed by atoms with van der Waals surface area (Å²) in [4.78, 5) is 53.1. The summed E-state index contributed by atoms with van der Waals surface area (Å²) in [6.45, 7) is 4.04. The van der Waals surface area contributed by atoms with Gasteiger partial charge in [0, 0.05) is 45.2 Å². The summed E-state index contributed by atoms with van der Waals surface area (Å²) in [5.74, 6) is -0.680. The second kappa shape index (κ2) is 13.9. The maximum Gasteiger partial charge on any atom is 0.416 e. The minimum absolute atomic E-state index is 0.0581. The Labute approximate surface area is 285 Å². The van der Waals surface area contributed by atoms with Crippen LogP contribution in [0.1, 0.15) is 59.3 Å². The average molecular weight is 695 g/mol. The summed E-state index contributed by atoms with van der Waals surface area (Å²) in [6, 6.07) is 6.01. The number of aryl methyl sites for hydroxylation is 1. The zero-order valence-electron chi connectivity index (χ0n) is 27.8. The minimum Gasteiger partial charge on any atom is -0.505 e. The Morgan fingerprint density at radius 2 is 1.90 bits per heavy atom. The number of ether oxygens (including phenoxy) is 1. The van der Waals surface area contributed by atoms with Gasteiger partial charge in [-0.25, -0.2) is 4.98 Å². The molecular weight excluding hydrogens is 657 g/mol. The van der Waals surface area contributed by atoms with Gasteiger partial charge in [-0.05, 0) is 74.1 Å². The van der Waals surface area contributed by atoms with Crippen LogP contribution < -0.4 is 15.8 Å². The number of piperazine rings is 1. The van der Waals surface area contributed by atoms with Crippen LogP contribution in [-0.4, -0.2) is 85.4 Å². The Hall–Kier alpha value is -5.25. The molecule has 1 atom stereocenters. The lowest BCUT2D eigenvalue weighted by molar-refractivity contribution is -0.137. The summed E-state index contributed by atoms with van der Waals surface area (Å²) < 4.78 is 48.0. The van der Waals surface area contributed by atoms with Gasteiger partial charge in [0.25, 0.3) is 11.5 Å². The number of anilines is 2. The Bertz CT molecular complexity index is 2030. The van der Waals surface area contributed by atoms with Gasteiger partial charge in [0.2, 0.25) is 11.7 Å². The summed E-state index contributed by atoms with van der Waals surface area (Å²) in [7, 11) is 1.66. The monoisotopic (exact) mass is 694 g/mol. The second-order valence-corrected chi connectivity index (χ2v) is 12.3. The fourth-order valence-corrected chi connectivity index (χ4v) is 6.45. The fraction of sp³-hybridized carbons (Fsp3) is 0.412. The lowest BCUT2D eigenvalue weighted by atomic mass is 9.97. The highest BCUT2D eigenvalue weighted by atomic mass is 19.4. The number of alkyl halides is 3. The summed E-state index contributed by atoms with van der Waals surface area (Å²) in [6.07, 6.45) is 1.32. The fourth-order valence-electron chi connectivity index (χ4n) is 6.45. The second-order valence-electron chi connectivity index (χ2n) is 12.3. The Kier molecular flexibility index (Phi) is 9.64. The number of allylic oxidation sites excluding steroid dienone is 1. The quantitative estimate of drug-likeness (QED) is 0.279. The standard InChI is InChI=1S/C34H37F3N8O5/c1-4-25-29(42-14-16-43(17-15-42)31(48)28-26(46)6-5-13-38-28)32(49)45-33(40-30(41-45)21-7-10-23(50-3)11-8-21)44(25)19-27(47)39-24-12-9-22(18-20(24)2)34(35,36)37/h5-7,9,12-13,18,23,46H,4,8,10-11,14-17,19H2,1-3H3,(H,39,47)/t23-/m1/s1. The first-order valence-electron chi connectivity index (χ1n) is 16.3. The molecule has 1 aliphatic carbocycles. The van der Waals surface area contributed by atoms with E-state index < -0.39 is 29.1 Å². The Balaban J connectivity index is 1.35. The van der Waals surface area contributed by atoms with E-state index in [2.05, 4.69) is 15.4 Å². The van der Waals surface area contributed by atoms with Crippen molar-refractivity contribution >= 4 is 34.5 Å². The van der Waals surface area contributed by atoms with Crippen molar-refractivity contribution in [2.75, 3.05) is 43.5 Å². The number of nitrogens with zero attached hydrogens (tertiary/aromatic N) is 7. The lowest BCUT2D eigenvalue weighted by Crippen LogP contribution is -2.51. The number of pyridine rings is 1. The molecule has 2 amide bonds. The van der Waals surface area contributed by atoms with E-state index in [0.29, 0.717) is 36.5 Å². The van der Waals surface area contributed by atoms with Crippen LogP contribution in [0, 0.1) is 6.92 Å². The number of aromatic nitrogens is 5. The molecule has 3 aromatic heterocycles. The van der Waals surface area contributed by atoms with Crippen molar-refractivity contribution in [3.8, 4) is 5.75 Å². The van der Waals surface area contributed by atoms with E-state index in [0.717, 1.165) is 24.1 Å². The van der Waals surface area contributed by atoms with Gasteiger partial charge in [-0.1, -0.05) is 13.0 Å². The maximum absolute atomic E-state index is 14.2. The van der Waals surface area contributed by atoms with Gasteiger partial charge in [0.15, 0.2) is 11.5 Å². The van der Waals surface area contributed by atoms with Crippen molar-refractivity contribution in [2.24, 2.45) is 0 Å². The molecule has 0 radical (unpaired) electrons. The van der Waals surface area contributed by atoms with E-state index in [1.54, 1.807) is 16.6 Å². The number of fused-ring (bicyclic) bond motifs is 1. The highest BCUT2D eigenvalue weighted by Crippen LogP contribution is 2.32. The van der Waals surface area contributed by atoms with Crippen molar-refractivity contribution < 1.29 is 32.6 Å². The number of carbonyl (C=O) groups excluding carboxylic acids is 2. The Morgan fingerprint density at radius 1 is 1.14 bits per heavy atom. The number of rotatable bonds is 8. The first-order chi connectivity index (χ1) is 23.9. The van der Waals surface area contributed by atoms with E-state index in [1.165, 1.54) is 35.8 Å². The number of aromatic hydroxyl groups is 1. The number of halogens is 3. The zero-order valence-corrected chi connectivity index (χ0v) is 27.8. The molecule has 4 aromatic rings. The van der Waals surface area contributed by atoms with E-state index in [1.807, 2.05) is 17.9 Å². The molecule has 264 valence electrons. The van der Waals surface area contributed by atoms with Crippen LogP contribution in [0.3, 0.4) is 0 Å². The third kappa shape index (κ3) is 6.79. The molecule has 1 aromatic carbocycles. The van der Waals surface area contributed by atoms with Gasteiger partial charge in [-0.2, -0.15) is 22.7 Å². The maximum atomic E-state index is 14.2. The van der Waals surface area contributed by atoms with E-state index >= 15 is 0 Å². The summed E-state index contributed by atoms with van der Waals surface area (Å²) >= 11 is 0. The summed E-state index contributed by atoms with van der Waals surface area (Å²) in [5.41, 5.74) is 0.819. The summed E-state index contributed by atoms with van der Waals surface area (Å²) in [5, 5.41) is 17.5. The van der Waals surface area contributed by atoms with Gasteiger partial charge in [-0.3, -0.25) is 14.4 Å². The molecule has 0 unspecified atom stereocenters. The number of carbonyl (C=O) groups is 2. The van der Waals surface area contributed by atoms with Crippen LogP contribution >= 0.6 is 0 Å². The van der Waals surface area contributed by atoms with Crippen LogP contribution in [0.15, 0.2) is 47.4 Å². The highest BCUT2D eigenvalue weighted by molar-refractivity contribution is 5.95. The molecule has 1 fully saturated rings. The van der Waals surface area contributed by atoms with Crippen molar-refractivity contribution in [1.82, 2.24) is 29.0 Å². The van der Waals surface area contributed by atoms with Crippen molar-refractivity contribution in [2.45, 2.75) is 58.4 Å². The van der Waals surface area contributed by atoms with E-state index in [-0.39, 0.29) is 67.3 Å². The van der Waals surface area contributed by atoms with Gasteiger partial charge in [0.1, 0.15) is 18.0 Å². The molecular formula is C34H37F3N8O5. The van der Waals surface area contributed by atoms with Crippen LogP contribution in [0.25, 0.3) is 11.4 Å². The van der Waals surface area contributed by atoms with Crippen LogP contribution in [0.4, 0.5) is 24.5 Å². The number of methoxy groups -OCH3 is 1. The Morgan fingerprint density at radius 3 is 2.52 bits per heavy atom. The SMILES string of the molecule is CCc1c(N2CCN(C(=O)c3ncccc3O)CC2)c(=O)n2nc(C3=CC[C@@H](OC)CC3)nc2n1CC(=O)Nc1ccc(C(F)(F)F)cc1C. The molecule has 2 aliphatic rings. The molecule has 4 heterocycles. The van der Waals surface area contributed by atoms with Crippen molar-refractivity contribution in [3.63, 3.8) is 0 Å². The highest BCUT2D eigenvalue weighted by Gasteiger charge is 2.32. The molecule has 13 nitrogen and oxygen atoms in total. The van der Waals surface area contributed by atoms with E-state index in [4.69, 9.17) is 9.72 Å². The molecule has 2 N–H and O–H groups in total. The predicted molar refractivity (Wildman–Crippen MR) is 178 cm³/mol. The third-order valence-corrected chi connectivity index (χ3v) is 9.15. The van der Waals surface area contributed by atoms with Gasteiger partial charge >= 0.3 is 6.18 Å². The van der Waals surface area contributed by atoms with Crippen molar-refractivity contribution in [1.29, 1.82) is 0 Å². The van der Waals surface area contributed by atoms with Crippen LogP contribution in [0.2, 0.25) is 0 Å². The molecule has 50 heavy (non-hydrogen) atoms. The molecule has 6 rings (SSSR count).